The molecule has 37 heavy (non-hydrogen) atoms. The fourth-order valence-electron chi connectivity index (χ4n) is 4.36. The van der Waals surface area contributed by atoms with Crippen LogP contribution in [-0.2, 0) is 30.5 Å². The first-order valence-corrected chi connectivity index (χ1v) is 14.5. The topological polar surface area (TPSA) is 33.3 Å². The van der Waals surface area contributed by atoms with Crippen LogP contribution in [0.4, 0.5) is 0 Å². The highest BCUT2D eigenvalue weighted by Gasteiger charge is 2.16. The van der Waals surface area contributed by atoms with Crippen molar-refractivity contribution < 1.29 is 4.74 Å². The molecule has 0 unspecified atom stereocenters. The number of rotatable bonds is 16. The van der Waals surface area contributed by atoms with Crippen molar-refractivity contribution >= 4 is 0 Å². The summed E-state index contributed by atoms with van der Waals surface area (Å²) in [7, 11) is 0. The predicted molar refractivity (Wildman–Crippen MR) is 161 cm³/mol. The van der Waals surface area contributed by atoms with Crippen molar-refractivity contribution in [2.45, 2.75) is 106 Å². The zero-order valence-corrected chi connectivity index (χ0v) is 25.3. The van der Waals surface area contributed by atoms with Crippen molar-refractivity contribution in [2.24, 2.45) is 10.8 Å². The Bertz CT molecular complexity index is 870. The molecule has 0 aliphatic rings. The molecule has 0 aliphatic heterocycles. The summed E-state index contributed by atoms with van der Waals surface area (Å²) in [4.78, 5) is 0. The Morgan fingerprint density at radius 3 is 1.78 bits per heavy atom. The standard InChI is InChI=1S/C34H56N2O/c1-32(2,3)25-30-16-12-28(13-17-30)11-9-10-22-35-23-21-34(7,8)36-26-31-18-14-29(15-19-31)20-24-37-27-33(4,5)6/h12-19,35-36H,9-11,20-27H2,1-8H3. The van der Waals surface area contributed by atoms with Crippen LogP contribution < -0.4 is 10.6 Å². The third-order valence-corrected chi connectivity index (χ3v) is 6.62. The Labute approximate surface area is 229 Å². The molecule has 0 heterocycles. The third-order valence-electron chi connectivity index (χ3n) is 6.62. The van der Waals surface area contributed by atoms with Crippen LogP contribution in [0, 0.1) is 10.8 Å². The van der Waals surface area contributed by atoms with Crippen molar-refractivity contribution in [1.82, 2.24) is 10.6 Å². The van der Waals surface area contributed by atoms with E-state index in [1.807, 2.05) is 0 Å². The van der Waals surface area contributed by atoms with Crippen molar-refractivity contribution in [2.75, 3.05) is 26.3 Å². The van der Waals surface area contributed by atoms with Gasteiger partial charge in [0.2, 0.25) is 0 Å². The average Bonchev–Trinajstić information content (AvgIpc) is 2.80. The summed E-state index contributed by atoms with van der Waals surface area (Å²) >= 11 is 0. The number of hydrogen-bond donors (Lipinski definition) is 2. The van der Waals surface area contributed by atoms with Gasteiger partial charge < -0.3 is 15.4 Å². The van der Waals surface area contributed by atoms with Gasteiger partial charge in [0.05, 0.1) is 13.2 Å². The zero-order valence-electron chi connectivity index (χ0n) is 25.3. The van der Waals surface area contributed by atoms with Gasteiger partial charge in [0.1, 0.15) is 0 Å². The minimum Gasteiger partial charge on any atom is -0.381 e. The fraction of sp³-hybridized carbons (Fsp3) is 0.647. The lowest BCUT2D eigenvalue weighted by Gasteiger charge is -2.27. The number of hydrogen-bond acceptors (Lipinski definition) is 3. The molecule has 3 nitrogen and oxygen atoms in total. The number of unbranched alkanes of at least 4 members (excludes halogenated alkanes) is 1. The van der Waals surface area contributed by atoms with Gasteiger partial charge >= 0.3 is 0 Å². The second-order valence-corrected chi connectivity index (χ2v) is 13.9. The van der Waals surface area contributed by atoms with Crippen LogP contribution in [-0.4, -0.2) is 31.8 Å². The predicted octanol–water partition coefficient (Wildman–Crippen LogP) is 7.75. The van der Waals surface area contributed by atoms with E-state index in [4.69, 9.17) is 4.74 Å². The molecular weight excluding hydrogens is 452 g/mol. The summed E-state index contributed by atoms with van der Waals surface area (Å²) in [5.74, 6) is 0. The molecule has 2 rings (SSSR count). The summed E-state index contributed by atoms with van der Waals surface area (Å²) in [6.45, 7) is 22.8. The van der Waals surface area contributed by atoms with Crippen molar-refractivity contribution in [3.8, 4) is 0 Å². The fourth-order valence-corrected chi connectivity index (χ4v) is 4.36. The van der Waals surface area contributed by atoms with E-state index in [0.717, 1.165) is 52.1 Å². The number of nitrogens with one attached hydrogen (secondary N) is 2. The molecule has 0 bridgehead atoms. The van der Waals surface area contributed by atoms with Crippen LogP contribution in [0.5, 0.6) is 0 Å². The van der Waals surface area contributed by atoms with Gasteiger partial charge in [-0.15, -0.1) is 0 Å². The first-order valence-electron chi connectivity index (χ1n) is 14.5. The van der Waals surface area contributed by atoms with Gasteiger partial charge in [-0.1, -0.05) is 90.1 Å². The van der Waals surface area contributed by atoms with E-state index in [1.54, 1.807) is 0 Å². The molecule has 0 atom stereocenters. The summed E-state index contributed by atoms with van der Waals surface area (Å²) in [6, 6.07) is 18.2. The van der Waals surface area contributed by atoms with E-state index in [0.29, 0.717) is 5.41 Å². The van der Waals surface area contributed by atoms with Crippen LogP contribution >= 0.6 is 0 Å². The SMILES string of the molecule is CC(C)(C)COCCc1ccc(CNC(C)(C)CCNCCCCc2ccc(CC(C)(C)C)cc2)cc1. The lowest BCUT2D eigenvalue weighted by Crippen LogP contribution is -2.41. The molecule has 0 amide bonds. The Morgan fingerprint density at radius 1 is 0.622 bits per heavy atom. The highest BCUT2D eigenvalue weighted by Crippen LogP contribution is 2.21. The maximum atomic E-state index is 5.81. The summed E-state index contributed by atoms with van der Waals surface area (Å²) < 4.78 is 5.81. The minimum atomic E-state index is 0.112. The van der Waals surface area contributed by atoms with Gasteiger partial charge in [0, 0.05) is 12.1 Å². The average molecular weight is 509 g/mol. The van der Waals surface area contributed by atoms with Gasteiger partial charge in [0.25, 0.3) is 0 Å². The Kier molecular flexibility index (Phi) is 12.8. The highest BCUT2D eigenvalue weighted by atomic mass is 16.5. The van der Waals surface area contributed by atoms with Crippen molar-refractivity contribution in [3.63, 3.8) is 0 Å². The van der Waals surface area contributed by atoms with Crippen molar-refractivity contribution in [1.29, 1.82) is 0 Å². The van der Waals surface area contributed by atoms with Crippen LogP contribution in [0.3, 0.4) is 0 Å². The monoisotopic (exact) mass is 508 g/mol. The molecule has 0 saturated heterocycles. The lowest BCUT2D eigenvalue weighted by atomic mass is 9.88. The van der Waals surface area contributed by atoms with Crippen LogP contribution in [0.2, 0.25) is 0 Å². The van der Waals surface area contributed by atoms with Gasteiger partial charge in [-0.2, -0.15) is 0 Å². The molecule has 208 valence electrons. The lowest BCUT2D eigenvalue weighted by molar-refractivity contribution is 0.0733. The Balaban J connectivity index is 1.55. The maximum absolute atomic E-state index is 5.81. The van der Waals surface area contributed by atoms with Gasteiger partial charge in [-0.25, -0.2) is 0 Å². The summed E-state index contributed by atoms with van der Waals surface area (Å²) in [5.41, 5.74) is 6.29. The largest absolute Gasteiger partial charge is 0.381 e. The summed E-state index contributed by atoms with van der Waals surface area (Å²) in [6.07, 6.45) is 6.88. The smallest absolute Gasteiger partial charge is 0.0514 e. The van der Waals surface area contributed by atoms with E-state index in [-0.39, 0.29) is 11.0 Å². The Morgan fingerprint density at radius 2 is 1.19 bits per heavy atom. The van der Waals surface area contributed by atoms with E-state index < -0.39 is 0 Å². The molecule has 0 aliphatic carbocycles. The van der Waals surface area contributed by atoms with E-state index in [2.05, 4.69) is 115 Å². The van der Waals surface area contributed by atoms with Crippen molar-refractivity contribution in [3.05, 3.63) is 70.8 Å². The Hall–Kier alpha value is -1.68. The molecule has 2 aromatic rings. The van der Waals surface area contributed by atoms with Crippen LogP contribution in [0.25, 0.3) is 0 Å². The van der Waals surface area contributed by atoms with E-state index in [1.165, 1.54) is 41.5 Å². The van der Waals surface area contributed by atoms with Gasteiger partial charge in [-0.05, 0) is 98.5 Å². The number of aryl methyl sites for hydroxylation is 1. The molecule has 0 radical (unpaired) electrons. The second-order valence-electron chi connectivity index (χ2n) is 13.9. The first kappa shape index (κ1) is 31.5. The van der Waals surface area contributed by atoms with Crippen LogP contribution in [0.1, 0.15) is 96.9 Å². The third kappa shape index (κ3) is 15.4. The normalized spacial score (nSPS) is 12.8. The molecule has 0 fully saturated rings. The minimum absolute atomic E-state index is 0.112. The molecule has 3 heteroatoms. The second kappa shape index (κ2) is 15.0. The van der Waals surface area contributed by atoms with E-state index >= 15 is 0 Å². The van der Waals surface area contributed by atoms with E-state index in [9.17, 15) is 0 Å². The number of benzene rings is 2. The molecule has 2 aromatic carbocycles. The molecule has 0 saturated carbocycles. The molecular formula is C34H56N2O. The highest BCUT2D eigenvalue weighted by molar-refractivity contribution is 5.24. The van der Waals surface area contributed by atoms with Crippen LogP contribution in [0.15, 0.2) is 48.5 Å². The molecule has 2 N–H and O–H groups in total. The van der Waals surface area contributed by atoms with Gasteiger partial charge in [-0.3, -0.25) is 0 Å². The molecule has 0 spiro atoms. The summed E-state index contributed by atoms with van der Waals surface area (Å²) in [5, 5.41) is 7.39. The van der Waals surface area contributed by atoms with Gasteiger partial charge in [0.15, 0.2) is 0 Å². The first-order chi connectivity index (χ1) is 17.3. The maximum Gasteiger partial charge on any atom is 0.0514 e. The number of ether oxygens (including phenoxy) is 1. The quantitative estimate of drug-likeness (QED) is 0.227. The molecule has 0 aromatic heterocycles. The zero-order chi connectivity index (χ0) is 27.4.